The zero-order valence-electron chi connectivity index (χ0n) is 18.1. The number of aromatic nitrogens is 3. The van der Waals surface area contributed by atoms with Crippen LogP contribution in [-0.2, 0) is 12.8 Å². The number of hydrogen-bond donors (Lipinski definition) is 1. The molecule has 2 N–H and O–H groups in total. The first-order chi connectivity index (χ1) is 15.4. The number of rotatable bonds is 4. The highest BCUT2D eigenvalue weighted by molar-refractivity contribution is 9.10. The summed E-state index contributed by atoms with van der Waals surface area (Å²) in [7, 11) is 2.05. The zero-order valence-corrected chi connectivity index (χ0v) is 19.7. The number of halogens is 1. The Kier molecular flexibility index (Phi) is 5.21. The second-order valence-corrected chi connectivity index (χ2v) is 9.16. The Hall–Kier alpha value is -3.19. The van der Waals surface area contributed by atoms with Gasteiger partial charge in [-0.1, -0.05) is 28.1 Å². The summed E-state index contributed by atoms with van der Waals surface area (Å²) in [6, 6.07) is 15.8. The van der Waals surface area contributed by atoms with Crippen molar-refractivity contribution in [2.75, 3.05) is 11.9 Å². The summed E-state index contributed by atoms with van der Waals surface area (Å²) in [5, 5.41) is 0.820. The molecule has 0 spiro atoms. The van der Waals surface area contributed by atoms with E-state index in [1.165, 1.54) is 5.56 Å². The third-order valence-electron chi connectivity index (χ3n) is 6.16. The van der Waals surface area contributed by atoms with Crippen molar-refractivity contribution >= 4 is 44.2 Å². The molecule has 1 aliphatic rings. The average molecular weight is 490 g/mol. The van der Waals surface area contributed by atoms with Crippen LogP contribution >= 0.6 is 15.9 Å². The van der Waals surface area contributed by atoms with Gasteiger partial charge < -0.3 is 10.6 Å². The number of carbonyl (C=O) groups is 1. The van der Waals surface area contributed by atoms with Crippen LogP contribution in [0.25, 0.3) is 16.9 Å². The monoisotopic (exact) mass is 489 g/mol. The molecule has 5 rings (SSSR count). The van der Waals surface area contributed by atoms with Crippen LogP contribution in [0, 0.1) is 6.92 Å². The van der Waals surface area contributed by atoms with Gasteiger partial charge in [-0.15, -0.1) is 0 Å². The molecule has 6 nitrogen and oxygen atoms in total. The molecule has 2 aromatic heterocycles. The van der Waals surface area contributed by atoms with E-state index in [0.29, 0.717) is 11.5 Å². The molecule has 4 aromatic rings. The van der Waals surface area contributed by atoms with E-state index in [1.54, 1.807) is 6.07 Å². The van der Waals surface area contributed by atoms with Crippen LogP contribution in [0.2, 0.25) is 0 Å². The van der Waals surface area contributed by atoms with Gasteiger partial charge in [-0.05, 0) is 69.0 Å². The summed E-state index contributed by atoms with van der Waals surface area (Å²) in [6.45, 7) is 2.01. The normalized spacial score (nSPS) is 13.2. The third kappa shape index (κ3) is 3.46. The highest BCUT2D eigenvalue weighted by atomic mass is 79.9. The number of primary amides is 1. The smallest absolute Gasteiger partial charge is 0.249 e. The molecule has 0 saturated carbocycles. The van der Waals surface area contributed by atoms with Gasteiger partial charge in [-0.25, -0.2) is 4.98 Å². The number of benzene rings is 2. The maximum absolute atomic E-state index is 12.0. The van der Waals surface area contributed by atoms with Crippen LogP contribution in [0.5, 0.6) is 0 Å². The number of fused-ring (bicyclic) bond motifs is 2. The second-order valence-electron chi connectivity index (χ2n) is 8.24. The lowest BCUT2D eigenvalue weighted by Crippen LogP contribution is -2.20. The predicted molar refractivity (Wildman–Crippen MR) is 131 cm³/mol. The maximum Gasteiger partial charge on any atom is 0.249 e. The summed E-state index contributed by atoms with van der Waals surface area (Å²) < 4.78 is 3.05. The highest BCUT2D eigenvalue weighted by Crippen LogP contribution is 2.34. The summed E-state index contributed by atoms with van der Waals surface area (Å²) in [5.74, 6) is 1.11. The SMILES string of the molecule is Cc1cc2c(C(N)=O)cccc2n1-c1nc2c(c(N(C)c3cccc(Br)c3)n1)CCCC2. The van der Waals surface area contributed by atoms with Crippen molar-refractivity contribution in [3.8, 4) is 5.95 Å². The summed E-state index contributed by atoms with van der Waals surface area (Å²) in [5.41, 5.74) is 11.3. The van der Waals surface area contributed by atoms with Crippen LogP contribution in [-0.4, -0.2) is 27.5 Å². The Bertz CT molecular complexity index is 1360. The van der Waals surface area contributed by atoms with Gasteiger partial charge in [-0.2, -0.15) is 4.98 Å². The molecule has 0 radical (unpaired) electrons. The lowest BCUT2D eigenvalue weighted by Gasteiger charge is -2.26. The molecule has 0 unspecified atom stereocenters. The van der Waals surface area contributed by atoms with Crippen LogP contribution in [0.15, 0.2) is 53.0 Å². The van der Waals surface area contributed by atoms with E-state index in [1.807, 2.05) is 41.8 Å². The lowest BCUT2D eigenvalue weighted by molar-refractivity contribution is 0.100. The Labute approximate surface area is 195 Å². The van der Waals surface area contributed by atoms with E-state index in [9.17, 15) is 4.79 Å². The zero-order chi connectivity index (χ0) is 22.4. The van der Waals surface area contributed by atoms with Gasteiger partial charge in [-0.3, -0.25) is 9.36 Å². The predicted octanol–water partition coefficient (Wildman–Crippen LogP) is 5.24. The molecule has 0 bridgehead atoms. The maximum atomic E-state index is 12.0. The number of anilines is 2. The van der Waals surface area contributed by atoms with Gasteiger partial charge in [0.05, 0.1) is 11.2 Å². The molecule has 0 fully saturated rings. The van der Waals surface area contributed by atoms with E-state index in [2.05, 4.69) is 40.0 Å². The lowest BCUT2D eigenvalue weighted by atomic mass is 9.96. The largest absolute Gasteiger partial charge is 0.366 e. The van der Waals surface area contributed by atoms with Crippen LogP contribution in [0.3, 0.4) is 0 Å². The minimum absolute atomic E-state index is 0.436. The van der Waals surface area contributed by atoms with Gasteiger partial charge >= 0.3 is 0 Å². The average Bonchev–Trinajstić information content (AvgIpc) is 3.13. The van der Waals surface area contributed by atoms with Crippen LogP contribution in [0.1, 0.15) is 40.2 Å². The van der Waals surface area contributed by atoms with E-state index in [0.717, 1.165) is 64.0 Å². The molecule has 0 atom stereocenters. The number of amides is 1. The molecule has 0 aliphatic heterocycles. The van der Waals surface area contributed by atoms with E-state index in [4.69, 9.17) is 15.7 Å². The Morgan fingerprint density at radius 2 is 1.88 bits per heavy atom. The van der Waals surface area contributed by atoms with Crippen molar-refractivity contribution in [3.63, 3.8) is 0 Å². The fraction of sp³-hybridized carbons (Fsp3) is 0.240. The van der Waals surface area contributed by atoms with Gasteiger partial charge in [0.15, 0.2) is 0 Å². The van der Waals surface area contributed by atoms with E-state index in [-0.39, 0.29) is 0 Å². The standard InChI is InChI=1S/C25H24BrN5O/c1-15-13-20-18(23(27)32)10-6-12-22(20)31(15)25-28-21-11-4-3-9-19(21)24(29-25)30(2)17-8-5-7-16(26)14-17/h5-8,10,12-14H,3-4,9,11H2,1-2H3,(H2,27,32). The fourth-order valence-corrected chi connectivity index (χ4v) is 4.98. The van der Waals surface area contributed by atoms with Crippen molar-refractivity contribution in [3.05, 3.63) is 75.5 Å². The molecule has 2 aromatic carbocycles. The molecule has 7 heteroatoms. The minimum atomic E-state index is -0.436. The van der Waals surface area contributed by atoms with Gasteiger partial charge in [0.1, 0.15) is 5.82 Å². The molecule has 0 saturated heterocycles. The molecule has 32 heavy (non-hydrogen) atoms. The minimum Gasteiger partial charge on any atom is -0.366 e. The van der Waals surface area contributed by atoms with Crippen LogP contribution in [0.4, 0.5) is 11.5 Å². The summed E-state index contributed by atoms with van der Waals surface area (Å²) >= 11 is 3.58. The third-order valence-corrected chi connectivity index (χ3v) is 6.65. The number of nitrogens with two attached hydrogens (primary N) is 1. The molecular weight excluding hydrogens is 466 g/mol. The van der Waals surface area contributed by atoms with Crippen molar-refractivity contribution in [2.45, 2.75) is 32.6 Å². The summed E-state index contributed by atoms with van der Waals surface area (Å²) in [4.78, 5) is 24.2. The van der Waals surface area contributed by atoms with Gasteiger partial charge in [0, 0.05) is 39.4 Å². The van der Waals surface area contributed by atoms with Crippen molar-refractivity contribution in [1.29, 1.82) is 0 Å². The fourth-order valence-electron chi connectivity index (χ4n) is 4.59. The van der Waals surface area contributed by atoms with Gasteiger partial charge in [0.25, 0.3) is 0 Å². The molecule has 2 heterocycles. The van der Waals surface area contributed by atoms with Crippen molar-refractivity contribution in [2.24, 2.45) is 5.73 Å². The van der Waals surface area contributed by atoms with Crippen LogP contribution < -0.4 is 10.6 Å². The van der Waals surface area contributed by atoms with Gasteiger partial charge in [0.2, 0.25) is 11.9 Å². The second kappa shape index (κ2) is 8.06. The number of carbonyl (C=O) groups excluding carboxylic acids is 1. The molecular formula is C25H24BrN5O. The number of aryl methyl sites for hydroxylation is 2. The first-order valence-corrected chi connectivity index (χ1v) is 11.5. The topological polar surface area (TPSA) is 77.0 Å². The van der Waals surface area contributed by atoms with E-state index >= 15 is 0 Å². The summed E-state index contributed by atoms with van der Waals surface area (Å²) in [6.07, 6.45) is 4.18. The first kappa shape index (κ1) is 20.7. The molecule has 162 valence electrons. The van der Waals surface area contributed by atoms with Crippen molar-refractivity contribution < 1.29 is 4.79 Å². The Balaban J connectivity index is 1.73. The molecule has 1 aliphatic carbocycles. The number of nitrogens with zero attached hydrogens (tertiary/aromatic N) is 4. The molecule has 1 amide bonds. The Morgan fingerprint density at radius 1 is 1.09 bits per heavy atom. The number of hydrogen-bond acceptors (Lipinski definition) is 4. The Morgan fingerprint density at radius 3 is 2.66 bits per heavy atom. The van der Waals surface area contributed by atoms with E-state index < -0.39 is 5.91 Å². The quantitative estimate of drug-likeness (QED) is 0.425. The van der Waals surface area contributed by atoms with Crippen molar-refractivity contribution in [1.82, 2.24) is 14.5 Å². The highest BCUT2D eigenvalue weighted by Gasteiger charge is 2.23. The first-order valence-electron chi connectivity index (χ1n) is 10.7.